The molecular weight excluding hydrogens is 242 g/mol. The van der Waals surface area contributed by atoms with Gasteiger partial charge in [0, 0.05) is 31.1 Å². The van der Waals surface area contributed by atoms with Gasteiger partial charge in [0.2, 0.25) is 0 Å². The summed E-state index contributed by atoms with van der Waals surface area (Å²) < 4.78 is 16.2. The molecule has 0 spiro atoms. The molecule has 0 unspecified atom stereocenters. The molecule has 0 saturated heterocycles. The lowest BCUT2D eigenvalue weighted by Crippen LogP contribution is -2.18. The number of rotatable bonds is 8. The fraction of sp³-hybridized carbons (Fsp3) is 0.467. The first kappa shape index (κ1) is 13.9. The third kappa shape index (κ3) is 3.72. The number of fused-ring (bicyclic) bond motifs is 1. The maximum absolute atomic E-state index is 5.65. The van der Waals surface area contributed by atoms with E-state index in [-0.39, 0.29) is 0 Å². The van der Waals surface area contributed by atoms with Crippen LogP contribution in [0.2, 0.25) is 0 Å². The summed E-state index contributed by atoms with van der Waals surface area (Å²) in [7, 11) is 1.70. The fourth-order valence-corrected chi connectivity index (χ4v) is 1.90. The number of methoxy groups -OCH3 is 1. The van der Waals surface area contributed by atoms with Crippen molar-refractivity contribution in [3.8, 4) is 5.75 Å². The van der Waals surface area contributed by atoms with E-state index < -0.39 is 0 Å². The van der Waals surface area contributed by atoms with Crippen molar-refractivity contribution < 1.29 is 13.9 Å². The topological polar surface area (TPSA) is 43.6 Å². The van der Waals surface area contributed by atoms with Gasteiger partial charge in [-0.05, 0) is 24.6 Å². The number of hydrogen-bond acceptors (Lipinski definition) is 4. The molecule has 0 aliphatic heterocycles. The molecule has 1 N–H and O–H groups in total. The van der Waals surface area contributed by atoms with Gasteiger partial charge in [0.1, 0.15) is 11.3 Å². The Morgan fingerprint density at radius 1 is 1.26 bits per heavy atom. The molecule has 0 aliphatic carbocycles. The molecular formula is C15H21NO3. The highest BCUT2D eigenvalue weighted by molar-refractivity contribution is 5.82. The quantitative estimate of drug-likeness (QED) is 0.744. The van der Waals surface area contributed by atoms with Crippen LogP contribution in [-0.4, -0.2) is 26.9 Å². The summed E-state index contributed by atoms with van der Waals surface area (Å²) in [5, 5.41) is 4.43. The van der Waals surface area contributed by atoms with Crippen molar-refractivity contribution >= 4 is 11.0 Å². The predicted octanol–water partition coefficient (Wildman–Crippen LogP) is 2.96. The normalized spacial score (nSPS) is 11.1. The Morgan fingerprint density at radius 3 is 2.95 bits per heavy atom. The summed E-state index contributed by atoms with van der Waals surface area (Å²) >= 11 is 0. The molecule has 0 aliphatic rings. The third-order valence-electron chi connectivity index (χ3n) is 2.90. The highest BCUT2D eigenvalue weighted by Crippen LogP contribution is 2.25. The second kappa shape index (κ2) is 7.16. The lowest BCUT2D eigenvalue weighted by molar-refractivity contribution is 0.199. The van der Waals surface area contributed by atoms with Crippen molar-refractivity contribution in [2.24, 2.45) is 0 Å². The average Bonchev–Trinajstić information content (AvgIpc) is 2.84. The number of benzene rings is 1. The van der Waals surface area contributed by atoms with Gasteiger partial charge in [-0.15, -0.1) is 0 Å². The summed E-state index contributed by atoms with van der Waals surface area (Å²) in [5.74, 6) is 0.897. The zero-order valence-electron chi connectivity index (χ0n) is 11.6. The van der Waals surface area contributed by atoms with Gasteiger partial charge >= 0.3 is 0 Å². The first-order valence-electron chi connectivity index (χ1n) is 6.67. The number of hydrogen-bond donors (Lipinski definition) is 1. The van der Waals surface area contributed by atoms with Crippen LogP contribution in [0.25, 0.3) is 11.0 Å². The summed E-state index contributed by atoms with van der Waals surface area (Å²) in [5.41, 5.74) is 2.04. The molecule has 0 saturated carbocycles. The van der Waals surface area contributed by atoms with Gasteiger partial charge in [-0.3, -0.25) is 0 Å². The van der Waals surface area contributed by atoms with E-state index in [1.807, 2.05) is 18.2 Å². The molecule has 104 valence electrons. The lowest BCUT2D eigenvalue weighted by atomic mass is 10.1. The predicted molar refractivity (Wildman–Crippen MR) is 75.6 cm³/mol. The minimum Gasteiger partial charge on any atom is -0.494 e. The number of ether oxygens (including phenoxy) is 2. The van der Waals surface area contributed by atoms with Crippen LogP contribution in [-0.2, 0) is 11.3 Å². The van der Waals surface area contributed by atoms with Gasteiger partial charge in [0.25, 0.3) is 0 Å². The van der Waals surface area contributed by atoms with Crippen LogP contribution in [0, 0.1) is 0 Å². The molecule has 0 atom stereocenters. The number of nitrogens with one attached hydrogen (secondary N) is 1. The zero-order valence-corrected chi connectivity index (χ0v) is 11.6. The van der Waals surface area contributed by atoms with Crippen LogP contribution < -0.4 is 10.1 Å². The van der Waals surface area contributed by atoms with Gasteiger partial charge < -0.3 is 19.2 Å². The Balaban J connectivity index is 2.06. The average molecular weight is 263 g/mol. The van der Waals surface area contributed by atoms with Crippen molar-refractivity contribution in [3.63, 3.8) is 0 Å². The van der Waals surface area contributed by atoms with E-state index in [0.29, 0.717) is 6.61 Å². The second-order valence-electron chi connectivity index (χ2n) is 4.44. The third-order valence-corrected chi connectivity index (χ3v) is 2.90. The van der Waals surface area contributed by atoms with E-state index in [1.54, 1.807) is 13.4 Å². The summed E-state index contributed by atoms with van der Waals surface area (Å²) in [6.45, 7) is 5.15. The van der Waals surface area contributed by atoms with E-state index in [0.717, 1.165) is 48.4 Å². The summed E-state index contributed by atoms with van der Waals surface area (Å²) in [6, 6.07) is 5.95. The first-order valence-corrected chi connectivity index (χ1v) is 6.67. The van der Waals surface area contributed by atoms with Crippen LogP contribution in [0.4, 0.5) is 0 Å². The van der Waals surface area contributed by atoms with Gasteiger partial charge in [-0.25, -0.2) is 0 Å². The Kier molecular flexibility index (Phi) is 5.24. The highest BCUT2D eigenvalue weighted by atomic mass is 16.5. The Hall–Kier alpha value is -1.52. The lowest BCUT2D eigenvalue weighted by Gasteiger charge is -2.05. The SMILES string of the molecule is CCCOc1ccc2occ(CNCCOC)c2c1. The molecule has 2 rings (SSSR count). The van der Waals surface area contributed by atoms with Crippen LogP contribution in [0.15, 0.2) is 28.9 Å². The minimum absolute atomic E-state index is 0.709. The van der Waals surface area contributed by atoms with Crippen molar-refractivity contribution in [2.75, 3.05) is 26.9 Å². The van der Waals surface area contributed by atoms with Crippen LogP contribution >= 0.6 is 0 Å². The van der Waals surface area contributed by atoms with Crippen molar-refractivity contribution in [2.45, 2.75) is 19.9 Å². The molecule has 4 heteroatoms. The monoisotopic (exact) mass is 263 g/mol. The molecule has 0 fully saturated rings. The number of furan rings is 1. The van der Waals surface area contributed by atoms with E-state index >= 15 is 0 Å². The van der Waals surface area contributed by atoms with E-state index in [4.69, 9.17) is 13.9 Å². The molecule has 0 radical (unpaired) electrons. The minimum atomic E-state index is 0.709. The van der Waals surface area contributed by atoms with Crippen LogP contribution in [0.5, 0.6) is 5.75 Å². The van der Waals surface area contributed by atoms with E-state index in [9.17, 15) is 0 Å². The highest BCUT2D eigenvalue weighted by Gasteiger charge is 2.07. The maximum atomic E-state index is 5.65. The maximum Gasteiger partial charge on any atom is 0.134 e. The van der Waals surface area contributed by atoms with Crippen LogP contribution in [0.3, 0.4) is 0 Å². The van der Waals surface area contributed by atoms with E-state index in [2.05, 4.69) is 12.2 Å². The smallest absolute Gasteiger partial charge is 0.134 e. The second-order valence-corrected chi connectivity index (χ2v) is 4.44. The van der Waals surface area contributed by atoms with Crippen molar-refractivity contribution in [3.05, 3.63) is 30.0 Å². The zero-order chi connectivity index (χ0) is 13.5. The molecule has 19 heavy (non-hydrogen) atoms. The summed E-state index contributed by atoms with van der Waals surface area (Å²) in [6.07, 6.45) is 2.81. The fourth-order valence-electron chi connectivity index (χ4n) is 1.90. The molecule has 2 aromatic rings. The standard InChI is InChI=1S/C15H21NO3/c1-3-7-18-13-4-5-15-14(9-13)12(11-19-15)10-16-6-8-17-2/h4-5,9,11,16H,3,6-8,10H2,1-2H3. The molecule has 1 heterocycles. The van der Waals surface area contributed by atoms with Gasteiger partial charge in [-0.2, -0.15) is 0 Å². The molecule has 1 aromatic carbocycles. The molecule has 0 amide bonds. The van der Waals surface area contributed by atoms with Gasteiger partial charge in [0.05, 0.1) is 19.5 Å². The van der Waals surface area contributed by atoms with Crippen molar-refractivity contribution in [1.82, 2.24) is 5.32 Å². The Bertz CT molecular complexity index is 507. The van der Waals surface area contributed by atoms with Gasteiger partial charge in [0.15, 0.2) is 0 Å². The Morgan fingerprint density at radius 2 is 2.16 bits per heavy atom. The summed E-state index contributed by atoms with van der Waals surface area (Å²) in [4.78, 5) is 0. The largest absolute Gasteiger partial charge is 0.494 e. The van der Waals surface area contributed by atoms with Gasteiger partial charge in [-0.1, -0.05) is 6.92 Å². The molecule has 1 aromatic heterocycles. The van der Waals surface area contributed by atoms with Crippen LogP contribution in [0.1, 0.15) is 18.9 Å². The Labute approximate surface area is 113 Å². The first-order chi connectivity index (χ1) is 9.35. The van der Waals surface area contributed by atoms with Crippen molar-refractivity contribution in [1.29, 1.82) is 0 Å². The molecule has 0 bridgehead atoms. The van der Waals surface area contributed by atoms with E-state index in [1.165, 1.54) is 0 Å². The molecule has 4 nitrogen and oxygen atoms in total.